The minimum atomic E-state index is -1.65. The molecule has 23 nitrogen and oxygen atoms in total. The van der Waals surface area contributed by atoms with Crippen LogP contribution in [0.25, 0.3) is 0 Å². The lowest BCUT2D eigenvalue weighted by Crippen LogP contribution is -2.61. The second-order valence-corrected chi connectivity index (χ2v) is 22.4. The SMILES string of the molecule is CC[C@H](C)[C@H](NC(=O)[C@@H]1CCCN1C(=O)[C@H](CCSC)NC(=O)[C@@H](N)Cc1ccc(O)cc1)C(=O)N[C@@H](Cc1ccc(O)cc1)C(=O)N[C@@H](CCSC)C(=O)N[C@@H](Cc1ccc(O)cc1)C(=O)N[C@@H](CO)C(=O)N[C@H](C(=O)O)C(C)C. The van der Waals surface area contributed by atoms with Crippen molar-refractivity contribution in [3.05, 3.63) is 89.5 Å². The molecule has 0 saturated carbocycles. The molecule has 14 N–H and O–H groups in total. The Hall–Kier alpha value is -7.09. The van der Waals surface area contributed by atoms with Gasteiger partial charge in [-0.15, -0.1) is 0 Å². The quantitative estimate of drug-likeness (QED) is 0.0412. The fraction of sp³-hybridized carbons (Fsp3) is 0.518. The highest BCUT2D eigenvalue weighted by molar-refractivity contribution is 7.98. The molecule has 0 unspecified atom stereocenters. The highest BCUT2D eigenvalue weighted by Gasteiger charge is 2.41. The third-order valence-electron chi connectivity index (χ3n) is 13.9. The molecule has 0 aromatic heterocycles. The number of aliphatic hydroxyl groups is 1. The van der Waals surface area contributed by atoms with E-state index in [1.54, 1.807) is 46.1 Å². The maximum Gasteiger partial charge on any atom is 0.326 e. The third-order valence-corrected chi connectivity index (χ3v) is 15.2. The fourth-order valence-corrected chi connectivity index (χ4v) is 9.85. The minimum Gasteiger partial charge on any atom is -0.508 e. The average molecular weight is 1170 g/mol. The molecular formula is C56H79N9O14S2. The van der Waals surface area contributed by atoms with Gasteiger partial charge in [0.2, 0.25) is 47.3 Å². The number of benzene rings is 3. The van der Waals surface area contributed by atoms with Crippen molar-refractivity contribution in [2.24, 2.45) is 17.6 Å². The predicted octanol–water partition coefficient (Wildman–Crippen LogP) is 0.828. The van der Waals surface area contributed by atoms with Crippen LogP contribution in [0.1, 0.15) is 76.5 Å². The van der Waals surface area contributed by atoms with Crippen LogP contribution in [0.15, 0.2) is 72.8 Å². The van der Waals surface area contributed by atoms with Crippen molar-refractivity contribution in [2.75, 3.05) is 37.2 Å². The topological polar surface area (TPSA) is 368 Å². The lowest BCUT2D eigenvalue weighted by atomic mass is 9.96. The summed E-state index contributed by atoms with van der Waals surface area (Å²) in [4.78, 5) is 126. The number of phenolic OH excluding ortho intramolecular Hbond substituents is 3. The van der Waals surface area contributed by atoms with Crippen LogP contribution in [-0.2, 0) is 62.4 Å². The number of hydrogen-bond acceptors (Lipinski definition) is 16. The highest BCUT2D eigenvalue weighted by Crippen LogP contribution is 2.22. The Morgan fingerprint density at radius 2 is 0.988 bits per heavy atom. The Labute approximate surface area is 480 Å². The van der Waals surface area contributed by atoms with Gasteiger partial charge in [-0.3, -0.25) is 38.4 Å². The number of aromatic hydroxyl groups is 3. The molecule has 81 heavy (non-hydrogen) atoms. The van der Waals surface area contributed by atoms with Crippen molar-refractivity contribution in [2.45, 2.75) is 133 Å². The monoisotopic (exact) mass is 1170 g/mol. The minimum absolute atomic E-state index is 0.0101. The molecule has 8 amide bonds. The number of carboxylic acids is 1. The van der Waals surface area contributed by atoms with Gasteiger partial charge in [0.15, 0.2) is 0 Å². The van der Waals surface area contributed by atoms with Crippen LogP contribution < -0.4 is 43.0 Å². The summed E-state index contributed by atoms with van der Waals surface area (Å²) < 4.78 is 0. The summed E-state index contributed by atoms with van der Waals surface area (Å²) in [5, 5.41) is 68.0. The number of rotatable bonds is 32. The van der Waals surface area contributed by atoms with Crippen molar-refractivity contribution in [1.29, 1.82) is 0 Å². The van der Waals surface area contributed by atoms with Crippen molar-refractivity contribution in [1.82, 2.24) is 42.1 Å². The molecule has 0 bridgehead atoms. The zero-order valence-electron chi connectivity index (χ0n) is 46.5. The molecular weight excluding hydrogens is 1090 g/mol. The van der Waals surface area contributed by atoms with Crippen LogP contribution in [-0.4, -0.2) is 175 Å². The molecule has 3 aromatic carbocycles. The highest BCUT2D eigenvalue weighted by atomic mass is 32.2. The number of phenols is 3. The van der Waals surface area contributed by atoms with Gasteiger partial charge >= 0.3 is 5.97 Å². The van der Waals surface area contributed by atoms with Crippen LogP contribution in [0.5, 0.6) is 17.2 Å². The van der Waals surface area contributed by atoms with Crippen molar-refractivity contribution in [3.63, 3.8) is 0 Å². The second kappa shape index (κ2) is 33.0. The molecule has 0 radical (unpaired) electrons. The summed E-state index contributed by atoms with van der Waals surface area (Å²) in [6.07, 6.45) is 4.70. The van der Waals surface area contributed by atoms with E-state index < -0.39 is 126 Å². The molecule has 0 spiro atoms. The molecule has 25 heteroatoms. The largest absolute Gasteiger partial charge is 0.508 e. The molecule has 3 aromatic rings. The number of nitrogens with zero attached hydrogens (tertiary/aromatic N) is 1. The van der Waals surface area contributed by atoms with Crippen molar-refractivity contribution in [3.8, 4) is 17.2 Å². The summed E-state index contributed by atoms with van der Waals surface area (Å²) in [7, 11) is 0. The third kappa shape index (κ3) is 20.8. The number of carbonyl (C=O) groups is 9. The number of nitrogens with one attached hydrogen (secondary N) is 7. The van der Waals surface area contributed by atoms with Gasteiger partial charge in [0.25, 0.3) is 0 Å². The number of amides is 8. The number of aliphatic carboxylic acids is 1. The van der Waals surface area contributed by atoms with Gasteiger partial charge in [0.1, 0.15) is 65.6 Å². The number of carbonyl (C=O) groups excluding carboxylic acids is 8. The maximum atomic E-state index is 14.6. The Morgan fingerprint density at radius 1 is 0.568 bits per heavy atom. The van der Waals surface area contributed by atoms with E-state index in [0.29, 0.717) is 41.0 Å². The van der Waals surface area contributed by atoms with Crippen LogP contribution in [0.4, 0.5) is 0 Å². The Morgan fingerprint density at radius 3 is 1.44 bits per heavy atom. The molecule has 1 fully saturated rings. The summed E-state index contributed by atoms with van der Waals surface area (Å²) in [6, 6.07) is 6.20. The smallest absolute Gasteiger partial charge is 0.326 e. The second-order valence-electron chi connectivity index (χ2n) is 20.4. The fourth-order valence-electron chi connectivity index (χ4n) is 8.90. The van der Waals surface area contributed by atoms with Gasteiger partial charge in [-0.1, -0.05) is 70.5 Å². The Bertz CT molecular complexity index is 2600. The van der Waals surface area contributed by atoms with Gasteiger partial charge in [-0.2, -0.15) is 23.5 Å². The van der Waals surface area contributed by atoms with Crippen molar-refractivity contribution < 1.29 is 68.7 Å². The van der Waals surface area contributed by atoms with E-state index in [9.17, 15) is 68.7 Å². The van der Waals surface area contributed by atoms with Gasteiger partial charge in [0.05, 0.1) is 12.6 Å². The van der Waals surface area contributed by atoms with E-state index in [2.05, 4.69) is 37.2 Å². The first kappa shape index (κ1) is 66.4. The van der Waals surface area contributed by atoms with E-state index >= 15 is 0 Å². The number of likely N-dealkylation sites (tertiary alicyclic amines) is 1. The first-order valence-corrected chi connectivity index (χ1v) is 29.6. The molecule has 1 saturated heterocycles. The number of carboxylic acid groups (broad SMARTS) is 1. The van der Waals surface area contributed by atoms with Crippen LogP contribution in [0.2, 0.25) is 0 Å². The summed E-state index contributed by atoms with van der Waals surface area (Å²) in [5.41, 5.74) is 7.90. The van der Waals surface area contributed by atoms with Gasteiger partial charge in [0, 0.05) is 19.4 Å². The van der Waals surface area contributed by atoms with E-state index in [-0.39, 0.29) is 62.3 Å². The first-order valence-electron chi connectivity index (χ1n) is 26.8. The summed E-state index contributed by atoms with van der Waals surface area (Å²) in [5.74, 6) is -7.83. The number of hydrogen-bond donors (Lipinski definition) is 13. The number of nitrogens with two attached hydrogens (primary N) is 1. The number of thioether (sulfide) groups is 2. The molecule has 444 valence electrons. The van der Waals surface area contributed by atoms with Crippen LogP contribution in [0, 0.1) is 11.8 Å². The standard InChI is InChI=1S/C56H79N9O14S2/c1-7-32(4)47(64-53(75)45-9-8-24-65(45)55(77)41(23-26-81-6)59-48(70)39(57)27-33-10-16-36(67)17-11-33)54(76)61-43(29-35-14-20-38(69)21-15-35)50(72)58-40(22-25-80-5)49(71)60-42(28-34-12-18-37(68)19-13-34)51(73)62-44(30-66)52(74)63-46(31(2)3)56(78)79/h10-21,31-32,39-47,66-69H,7-9,22-30,57H2,1-6H3,(H,58,72)(H,59,70)(H,60,71)(H,61,76)(H,62,73)(H,63,74)(H,64,75)(H,78,79)/t32-,39-,40-,41-,42-,43-,44-,45-,46-,47-/m0/s1. The molecule has 1 aliphatic rings. The van der Waals surface area contributed by atoms with Crippen LogP contribution in [0.3, 0.4) is 0 Å². The zero-order valence-corrected chi connectivity index (χ0v) is 48.1. The predicted molar refractivity (Wildman–Crippen MR) is 307 cm³/mol. The lowest BCUT2D eigenvalue weighted by Gasteiger charge is -2.32. The molecule has 1 aliphatic heterocycles. The Balaban J connectivity index is 1.58. The average Bonchev–Trinajstić information content (AvgIpc) is 3.94. The summed E-state index contributed by atoms with van der Waals surface area (Å²) in [6.45, 7) is 5.90. The zero-order chi connectivity index (χ0) is 59.9. The van der Waals surface area contributed by atoms with Gasteiger partial charge in [-0.05, 0) is 121 Å². The van der Waals surface area contributed by atoms with Gasteiger partial charge < -0.3 is 73.4 Å². The van der Waals surface area contributed by atoms with E-state index in [1.807, 2.05) is 6.26 Å². The maximum absolute atomic E-state index is 14.6. The van der Waals surface area contributed by atoms with E-state index in [0.717, 1.165) is 0 Å². The molecule has 10 atom stereocenters. The van der Waals surface area contributed by atoms with E-state index in [1.165, 1.54) is 89.1 Å². The van der Waals surface area contributed by atoms with E-state index in [4.69, 9.17) is 5.73 Å². The molecule has 0 aliphatic carbocycles. The van der Waals surface area contributed by atoms with Crippen molar-refractivity contribution >= 4 is 76.8 Å². The summed E-state index contributed by atoms with van der Waals surface area (Å²) >= 11 is 2.81. The Kier molecular flexibility index (Phi) is 27.0. The molecule has 1 heterocycles. The molecule has 4 rings (SSSR count). The normalized spacial score (nSPS) is 16.5. The lowest BCUT2D eigenvalue weighted by molar-refractivity contribution is -0.144. The van der Waals surface area contributed by atoms with Crippen LogP contribution >= 0.6 is 23.5 Å². The number of aliphatic hydroxyl groups excluding tert-OH is 1. The van der Waals surface area contributed by atoms with Gasteiger partial charge in [-0.25, -0.2) is 4.79 Å². The first-order chi connectivity index (χ1) is 38.5.